The van der Waals surface area contributed by atoms with Gasteiger partial charge in [0.15, 0.2) is 0 Å². The number of nitrogens with two attached hydrogens (primary N) is 1. The van der Waals surface area contributed by atoms with Crippen LogP contribution < -0.4 is 16.4 Å². The molecule has 1 saturated carbocycles. The van der Waals surface area contributed by atoms with Crippen LogP contribution in [0.1, 0.15) is 60.3 Å². The smallest absolute Gasteiger partial charge is 0.407 e. The maximum absolute atomic E-state index is 12.1. The first-order chi connectivity index (χ1) is 10.1. The number of ether oxygens (including phenoxy) is 1. The van der Waals surface area contributed by atoms with Crippen LogP contribution in [-0.2, 0) is 9.53 Å². The van der Waals surface area contributed by atoms with Gasteiger partial charge in [0.25, 0.3) is 0 Å². The summed E-state index contributed by atoms with van der Waals surface area (Å²) in [5.74, 6) is -0.0706. The van der Waals surface area contributed by atoms with Crippen molar-refractivity contribution in [2.24, 2.45) is 11.7 Å². The third-order valence-electron chi connectivity index (χ3n) is 3.82. The van der Waals surface area contributed by atoms with Crippen LogP contribution in [0, 0.1) is 5.92 Å². The van der Waals surface area contributed by atoms with Gasteiger partial charge in [-0.1, -0.05) is 26.7 Å². The molecule has 0 aromatic heterocycles. The number of rotatable bonds is 4. The van der Waals surface area contributed by atoms with E-state index in [4.69, 9.17) is 10.5 Å². The van der Waals surface area contributed by atoms with E-state index < -0.39 is 17.7 Å². The molecule has 2 amide bonds. The van der Waals surface area contributed by atoms with E-state index >= 15 is 0 Å². The van der Waals surface area contributed by atoms with Crippen molar-refractivity contribution in [2.45, 2.75) is 84.0 Å². The van der Waals surface area contributed by atoms with Crippen molar-refractivity contribution < 1.29 is 14.3 Å². The van der Waals surface area contributed by atoms with Gasteiger partial charge in [-0.25, -0.2) is 4.79 Å². The summed E-state index contributed by atoms with van der Waals surface area (Å²) in [7, 11) is 0. The molecular weight excluding hydrogens is 282 g/mol. The monoisotopic (exact) mass is 313 g/mol. The maximum Gasteiger partial charge on any atom is 0.407 e. The normalized spacial score (nSPS) is 23.8. The van der Waals surface area contributed by atoms with Gasteiger partial charge in [-0.2, -0.15) is 0 Å². The van der Waals surface area contributed by atoms with Gasteiger partial charge in [0.05, 0.1) is 12.1 Å². The van der Waals surface area contributed by atoms with Crippen LogP contribution in [0.2, 0.25) is 0 Å². The first kappa shape index (κ1) is 18.7. The summed E-state index contributed by atoms with van der Waals surface area (Å²) in [5, 5.41) is 5.87. The molecule has 1 fully saturated rings. The van der Waals surface area contributed by atoms with E-state index in [9.17, 15) is 9.59 Å². The molecular formula is C16H31N3O3. The van der Waals surface area contributed by atoms with Crippen molar-refractivity contribution in [1.82, 2.24) is 10.6 Å². The van der Waals surface area contributed by atoms with Gasteiger partial charge in [0, 0.05) is 6.04 Å². The second-order valence-corrected chi connectivity index (χ2v) is 7.42. The van der Waals surface area contributed by atoms with Gasteiger partial charge < -0.3 is 21.1 Å². The highest BCUT2D eigenvalue weighted by molar-refractivity contribution is 5.82. The van der Waals surface area contributed by atoms with Crippen LogP contribution in [0.4, 0.5) is 4.79 Å². The topological polar surface area (TPSA) is 93.5 Å². The first-order valence-electron chi connectivity index (χ1n) is 8.15. The van der Waals surface area contributed by atoms with Crippen LogP contribution in [0.5, 0.6) is 0 Å². The summed E-state index contributed by atoms with van der Waals surface area (Å²) >= 11 is 0. The maximum atomic E-state index is 12.1. The van der Waals surface area contributed by atoms with E-state index in [2.05, 4.69) is 10.6 Å². The fourth-order valence-electron chi connectivity index (χ4n) is 2.52. The molecule has 0 radical (unpaired) electrons. The summed E-state index contributed by atoms with van der Waals surface area (Å²) < 4.78 is 5.29. The lowest BCUT2D eigenvalue weighted by molar-refractivity contribution is -0.124. The lowest BCUT2D eigenvalue weighted by Gasteiger charge is -2.34. The third kappa shape index (κ3) is 6.22. The van der Waals surface area contributed by atoms with E-state index in [1.54, 1.807) is 0 Å². The number of carbonyl (C=O) groups excluding carboxylic acids is 2. The van der Waals surface area contributed by atoms with Crippen molar-refractivity contribution in [2.75, 3.05) is 0 Å². The van der Waals surface area contributed by atoms with Crippen molar-refractivity contribution in [3.05, 3.63) is 0 Å². The van der Waals surface area contributed by atoms with Crippen LogP contribution in [0.15, 0.2) is 0 Å². The van der Waals surface area contributed by atoms with Crippen molar-refractivity contribution in [3.63, 3.8) is 0 Å². The Kier molecular flexibility index (Phi) is 6.66. The van der Waals surface area contributed by atoms with Gasteiger partial charge in [-0.05, 0) is 39.5 Å². The molecule has 0 bridgehead atoms. The van der Waals surface area contributed by atoms with Gasteiger partial charge in [-0.3, -0.25) is 4.79 Å². The minimum absolute atomic E-state index is 0.0841. The Balaban J connectivity index is 2.60. The molecule has 6 nitrogen and oxygen atoms in total. The molecule has 0 aromatic rings. The minimum Gasteiger partial charge on any atom is -0.444 e. The van der Waals surface area contributed by atoms with Gasteiger partial charge >= 0.3 is 6.09 Å². The highest BCUT2D eigenvalue weighted by Gasteiger charge is 2.31. The Morgan fingerprint density at radius 2 is 1.59 bits per heavy atom. The summed E-state index contributed by atoms with van der Waals surface area (Å²) in [6, 6.07) is -0.713. The molecule has 1 aliphatic rings. The zero-order valence-electron chi connectivity index (χ0n) is 14.4. The van der Waals surface area contributed by atoms with E-state index in [0.29, 0.717) is 0 Å². The zero-order chi connectivity index (χ0) is 16.9. The third-order valence-corrected chi connectivity index (χ3v) is 3.82. The molecule has 0 unspecified atom stereocenters. The molecule has 1 rings (SSSR count). The minimum atomic E-state index is -0.530. The molecule has 0 saturated heterocycles. The predicted molar refractivity (Wildman–Crippen MR) is 86.4 cm³/mol. The average molecular weight is 313 g/mol. The average Bonchev–Trinajstić information content (AvgIpc) is 2.37. The van der Waals surface area contributed by atoms with E-state index in [1.165, 1.54) is 0 Å². The molecule has 3 atom stereocenters. The molecule has 4 N–H and O–H groups in total. The largest absolute Gasteiger partial charge is 0.444 e. The molecule has 22 heavy (non-hydrogen) atoms. The van der Waals surface area contributed by atoms with E-state index in [0.717, 1.165) is 25.7 Å². The van der Waals surface area contributed by atoms with Crippen LogP contribution in [0.25, 0.3) is 0 Å². The summed E-state index contributed by atoms with van der Waals surface area (Å²) in [6.07, 6.45) is 3.31. The highest BCUT2D eigenvalue weighted by Crippen LogP contribution is 2.19. The number of amides is 2. The number of alkyl carbamates (subject to hydrolysis) is 1. The molecule has 1 aliphatic carbocycles. The second-order valence-electron chi connectivity index (χ2n) is 7.42. The molecule has 0 aliphatic heterocycles. The van der Waals surface area contributed by atoms with E-state index in [1.807, 2.05) is 34.6 Å². The van der Waals surface area contributed by atoms with E-state index in [-0.39, 0.29) is 23.9 Å². The molecule has 6 heteroatoms. The summed E-state index contributed by atoms with van der Waals surface area (Å²) in [4.78, 5) is 24.1. The van der Waals surface area contributed by atoms with Crippen LogP contribution in [0.3, 0.4) is 0 Å². The number of hydrogen-bond donors (Lipinski definition) is 3. The quantitative estimate of drug-likeness (QED) is 0.739. The Morgan fingerprint density at radius 1 is 1.09 bits per heavy atom. The Hall–Kier alpha value is -1.30. The van der Waals surface area contributed by atoms with Gasteiger partial charge in [0.2, 0.25) is 5.91 Å². The fraction of sp³-hybridized carbons (Fsp3) is 0.875. The predicted octanol–water partition coefficient (Wildman–Crippen LogP) is 1.92. The Labute approximate surface area is 133 Å². The highest BCUT2D eigenvalue weighted by atomic mass is 16.6. The lowest BCUT2D eigenvalue weighted by atomic mass is 9.90. The first-order valence-corrected chi connectivity index (χ1v) is 8.15. The lowest BCUT2D eigenvalue weighted by Crippen LogP contribution is -2.57. The Morgan fingerprint density at radius 3 is 2.05 bits per heavy atom. The van der Waals surface area contributed by atoms with Crippen molar-refractivity contribution in [3.8, 4) is 0 Å². The van der Waals surface area contributed by atoms with Crippen LogP contribution in [-0.4, -0.2) is 35.7 Å². The number of carbonyl (C=O) groups is 2. The summed E-state index contributed by atoms with van der Waals surface area (Å²) in [5.41, 5.74) is 5.35. The van der Waals surface area contributed by atoms with Crippen molar-refractivity contribution in [1.29, 1.82) is 0 Å². The van der Waals surface area contributed by atoms with Crippen LogP contribution >= 0.6 is 0 Å². The molecule has 0 heterocycles. The van der Waals surface area contributed by atoms with Gasteiger partial charge in [-0.15, -0.1) is 0 Å². The molecule has 128 valence electrons. The van der Waals surface area contributed by atoms with Gasteiger partial charge in [0.1, 0.15) is 5.60 Å². The zero-order valence-corrected chi connectivity index (χ0v) is 14.4. The second kappa shape index (κ2) is 7.81. The standard InChI is InChI=1S/C16H31N3O3/c1-10(2)13(17)14(20)18-11-8-6-7-9-12(11)19-15(21)22-16(3,4)5/h10-13H,6-9,17H2,1-5H3,(H,18,20)(H,19,21)/t11-,12-,13-/m0/s1. The summed E-state index contributed by atoms with van der Waals surface area (Å²) in [6.45, 7) is 9.32. The molecule has 0 spiro atoms. The van der Waals surface area contributed by atoms with Crippen molar-refractivity contribution >= 4 is 12.0 Å². The fourth-order valence-corrected chi connectivity index (χ4v) is 2.52. The number of hydrogen-bond acceptors (Lipinski definition) is 4. The Bertz CT molecular complexity index is 391. The molecule has 0 aromatic carbocycles. The SMILES string of the molecule is CC(C)[C@H](N)C(=O)N[C@H]1CCCC[C@@H]1NC(=O)OC(C)(C)C. The number of nitrogens with one attached hydrogen (secondary N) is 2.